The van der Waals surface area contributed by atoms with Crippen molar-refractivity contribution in [2.75, 3.05) is 20.4 Å². The summed E-state index contributed by atoms with van der Waals surface area (Å²) in [6.45, 7) is 0. The number of carbonyl (C=O) groups is 2. The van der Waals surface area contributed by atoms with Crippen molar-refractivity contribution in [1.82, 2.24) is 0 Å². The second-order valence-electron chi connectivity index (χ2n) is 12.4. The lowest BCUT2D eigenvalue weighted by Crippen LogP contribution is -2.43. The zero-order valence-electron chi connectivity index (χ0n) is 26.9. The number of anilines is 4. The summed E-state index contributed by atoms with van der Waals surface area (Å²) in [6, 6.07) is 40.0. The average Bonchev–Trinajstić information content (AvgIpc) is 3.14. The maximum atomic E-state index is 14.2. The molecule has 0 aliphatic carbocycles. The number of fused-ring (bicyclic) bond motifs is 2. The molecule has 6 aromatic carbocycles. The number of halogens is 3. The van der Waals surface area contributed by atoms with Gasteiger partial charge in [0.15, 0.2) is 0 Å². The zero-order chi connectivity index (χ0) is 35.2. The molecule has 0 saturated heterocycles. The first-order valence-electron chi connectivity index (χ1n) is 16.2. The third-order valence-electron chi connectivity index (χ3n) is 9.18. The van der Waals surface area contributed by atoms with Gasteiger partial charge in [0.05, 0.1) is 15.6 Å². The molecule has 3 N–H and O–H groups in total. The number of rotatable bonds is 6. The first-order chi connectivity index (χ1) is 24.7. The third-order valence-corrected chi connectivity index (χ3v) is 10.2. The molecule has 6 aromatic rings. The van der Waals surface area contributed by atoms with Crippen LogP contribution >= 0.6 is 31.9 Å². The van der Waals surface area contributed by atoms with Gasteiger partial charge in [-0.1, -0.05) is 76.6 Å². The van der Waals surface area contributed by atoms with Gasteiger partial charge in [-0.15, -0.1) is 0 Å². The van der Waals surface area contributed by atoms with Gasteiger partial charge in [0, 0.05) is 32.8 Å². The molecule has 252 valence electrons. The minimum atomic E-state index is -0.699. The van der Waals surface area contributed by atoms with Crippen LogP contribution in [0.2, 0.25) is 0 Å². The van der Waals surface area contributed by atoms with Crippen molar-refractivity contribution in [3.8, 4) is 5.75 Å². The summed E-state index contributed by atoms with van der Waals surface area (Å²) < 4.78 is 15.1. The lowest BCUT2D eigenvalue weighted by Gasteiger charge is -2.38. The summed E-state index contributed by atoms with van der Waals surface area (Å²) in [4.78, 5) is 31.3. The van der Waals surface area contributed by atoms with E-state index in [0.29, 0.717) is 44.6 Å². The minimum absolute atomic E-state index is 0.0351. The van der Waals surface area contributed by atoms with E-state index in [2.05, 4.69) is 48.6 Å². The average molecular weight is 805 g/mol. The molecule has 2 aliphatic rings. The van der Waals surface area contributed by atoms with Crippen molar-refractivity contribution in [1.29, 1.82) is 0 Å². The lowest BCUT2D eigenvalue weighted by atomic mass is 9.96. The van der Waals surface area contributed by atoms with Crippen LogP contribution in [-0.4, -0.2) is 16.9 Å². The number of phenols is 1. The molecule has 0 spiro atoms. The highest BCUT2D eigenvalue weighted by molar-refractivity contribution is 9.11. The van der Waals surface area contributed by atoms with Crippen LogP contribution < -0.4 is 20.4 Å². The molecular formula is C41H29Br2FN4O3. The third kappa shape index (κ3) is 6.15. The van der Waals surface area contributed by atoms with Crippen molar-refractivity contribution >= 4 is 66.4 Å². The number of phenolic OH excluding ortho intramolecular Hbond substituents is 1. The Morgan fingerprint density at radius 3 is 2.06 bits per heavy atom. The van der Waals surface area contributed by atoms with Gasteiger partial charge < -0.3 is 15.7 Å². The highest BCUT2D eigenvalue weighted by Gasteiger charge is 2.37. The van der Waals surface area contributed by atoms with Crippen LogP contribution in [0, 0.1) is 5.82 Å². The number of benzene rings is 6. The number of hydrogen-bond donors (Lipinski definition) is 3. The number of para-hydroxylation sites is 2. The van der Waals surface area contributed by atoms with Gasteiger partial charge in [-0.05, 0) is 112 Å². The van der Waals surface area contributed by atoms with E-state index in [1.807, 2.05) is 84.9 Å². The highest BCUT2D eigenvalue weighted by atomic mass is 79.9. The summed E-state index contributed by atoms with van der Waals surface area (Å²) in [5.41, 5.74) is 7.05. The molecule has 0 bridgehead atoms. The van der Waals surface area contributed by atoms with E-state index in [1.165, 1.54) is 12.1 Å². The van der Waals surface area contributed by atoms with Crippen LogP contribution in [0.25, 0.3) is 0 Å². The van der Waals surface area contributed by atoms with Gasteiger partial charge >= 0.3 is 0 Å². The number of aromatic hydroxyl groups is 1. The Bertz CT molecular complexity index is 2320. The minimum Gasteiger partial charge on any atom is -0.506 e. The lowest BCUT2D eigenvalue weighted by molar-refractivity contribution is 0.0966. The molecule has 0 radical (unpaired) electrons. The monoisotopic (exact) mass is 802 g/mol. The Morgan fingerprint density at radius 2 is 1.27 bits per heavy atom. The molecule has 8 rings (SSSR count). The maximum absolute atomic E-state index is 14.2. The smallest absolute Gasteiger partial charge is 0.262 e. The largest absolute Gasteiger partial charge is 0.506 e. The Hall–Kier alpha value is -5.45. The molecule has 2 heterocycles. The first-order valence-corrected chi connectivity index (χ1v) is 17.8. The maximum Gasteiger partial charge on any atom is 0.262 e. The van der Waals surface area contributed by atoms with Crippen molar-refractivity contribution < 1.29 is 19.1 Å². The van der Waals surface area contributed by atoms with E-state index in [1.54, 1.807) is 40.1 Å². The van der Waals surface area contributed by atoms with E-state index in [4.69, 9.17) is 0 Å². The fourth-order valence-electron chi connectivity index (χ4n) is 6.80. The van der Waals surface area contributed by atoms with Crippen LogP contribution in [0.3, 0.4) is 0 Å². The summed E-state index contributed by atoms with van der Waals surface area (Å²) in [5.74, 6) is -0.720. The van der Waals surface area contributed by atoms with E-state index in [0.717, 1.165) is 26.9 Å². The Labute approximate surface area is 310 Å². The molecule has 10 heteroatoms. The zero-order valence-corrected chi connectivity index (χ0v) is 30.0. The standard InChI is InChI=1S/C41H29Br2FN4O3/c42-27-22-33(37(49)34(43)23-27)39-46-36-21-25(13-18-32(36)41(51)48(39)29-9-2-1-3-10-29)19-24-7-6-8-26(20-24)38-45-35-12-5-4-11-31(35)40(50)47(38)30-16-14-28(44)15-17-30/h1-18,20-23,38-39,45-46,49H,19H2. The number of nitrogens with one attached hydrogen (secondary N) is 2. The van der Waals surface area contributed by atoms with Gasteiger partial charge in [-0.3, -0.25) is 19.4 Å². The van der Waals surface area contributed by atoms with E-state index in [-0.39, 0.29) is 23.4 Å². The fourth-order valence-corrected chi connectivity index (χ4v) is 8.05. The molecule has 2 atom stereocenters. The highest BCUT2D eigenvalue weighted by Crippen LogP contribution is 2.43. The summed E-state index contributed by atoms with van der Waals surface area (Å²) >= 11 is 6.99. The predicted molar refractivity (Wildman–Crippen MR) is 205 cm³/mol. The molecule has 7 nitrogen and oxygen atoms in total. The molecule has 0 fully saturated rings. The molecule has 2 aliphatic heterocycles. The van der Waals surface area contributed by atoms with E-state index < -0.39 is 12.3 Å². The summed E-state index contributed by atoms with van der Waals surface area (Å²) in [5, 5.41) is 18.2. The van der Waals surface area contributed by atoms with Crippen LogP contribution in [0.4, 0.5) is 27.1 Å². The van der Waals surface area contributed by atoms with E-state index >= 15 is 0 Å². The molecule has 0 aromatic heterocycles. The second kappa shape index (κ2) is 13.4. The fraction of sp³-hybridized carbons (Fsp3) is 0.0732. The predicted octanol–water partition coefficient (Wildman–Crippen LogP) is 10.2. The number of nitrogens with zero attached hydrogens (tertiary/aromatic N) is 2. The van der Waals surface area contributed by atoms with Crippen molar-refractivity contribution in [3.63, 3.8) is 0 Å². The topological polar surface area (TPSA) is 84.9 Å². The van der Waals surface area contributed by atoms with Crippen LogP contribution in [0.15, 0.2) is 142 Å². The quantitative estimate of drug-likeness (QED) is 0.156. The van der Waals surface area contributed by atoms with Crippen molar-refractivity contribution in [2.45, 2.75) is 18.8 Å². The first kappa shape index (κ1) is 32.7. The summed E-state index contributed by atoms with van der Waals surface area (Å²) in [6.07, 6.45) is -0.691. The SMILES string of the molecule is O=C1c2ccccc2NC(c2cccc(Cc3ccc4c(c3)NC(c3cc(Br)cc(Br)c3O)N(c3ccccc3)C4=O)c2)N1c1ccc(F)cc1. The number of amides is 2. The van der Waals surface area contributed by atoms with Gasteiger partial charge in [-0.2, -0.15) is 0 Å². The van der Waals surface area contributed by atoms with Crippen LogP contribution in [-0.2, 0) is 6.42 Å². The van der Waals surface area contributed by atoms with Gasteiger partial charge in [0.25, 0.3) is 11.8 Å². The Kier molecular flexibility index (Phi) is 8.57. The van der Waals surface area contributed by atoms with Crippen LogP contribution in [0.5, 0.6) is 5.75 Å². The molecule has 51 heavy (non-hydrogen) atoms. The normalized spacial score (nSPS) is 16.6. The Morgan fingerprint density at radius 1 is 0.627 bits per heavy atom. The molecule has 2 unspecified atom stereocenters. The number of hydrogen-bond acceptors (Lipinski definition) is 5. The van der Waals surface area contributed by atoms with Gasteiger partial charge in [-0.25, -0.2) is 4.39 Å². The molecular weight excluding hydrogens is 775 g/mol. The van der Waals surface area contributed by atoms with E-state index in [9.17, 15) is 19.1 Å². The van der Waals surface area contributed by atoms with Crippen LogP contribution in [0.1, 0.15) is 55.3 Å². The summed E-state index contributed by atoms with van der Waals surface area (Å²) in [7, 11) is 0. The van der Waals surface area contributed by atoms with Crippen molar-refractivity contribution in [3.05, 3.63) is 182 Å². The number of carbonyl (C=O) groups excluding carboxylic acids is 2. The van der Waals surface area contributed by atoms with Gasteiger partial charge in [0.1, 0.15) is 23.9 Å². The second-order valence-corrected chi connectivity index (χ2v) is 14.2. The Balaban J connectivity index is 1.14. The molecule has 2 amide bonds. The van der Waals surface area contributed by atoms with Gasteiger partial charge in [0.2, 0.25) is 0 Å². The van der Waals surface area contributed by atoms with Crippen molar-refractivity contribution in [2.24, 2.45) is 0 Å². The molecule has 0 saturated carbocycles.